The van der Waals surface area contributed by atoms with Crippen LogP contribution in [-0.4, -0.2) is 34.6 Å². The molecule has 0 aliphatic rings. The number of aromatic nitrogens is 7. The van der Waals surface area contributed by atoms with E-state index in [0.717, 1.165) is 50.1 Å². The van der Waals surface area contributed by atoms with Crippen molar-refractivity contribution in [2.24, 2.45) is 0 Å². The largest absolute Gasteiger partial charge is 0.272 e. The van der Waals surface area contributed by atoms with E-state index in [0.29, 0.717) is 12.3 Å². The van der Waals surface area contributed by atoms with Crippen LogP contribution < -0.4 is 0 Å². The van der Waals surface area contributed by atoms with E-state index in [1.54, 1.807) is 11.3 Å². The van der Waals surface area contributed by atoms with Gasteiger partial charge < -0.3 is 0 Å². The van der Waals surface area contributed by atoms with Crippen molar-refractivity contribution in [2.45, 2.75) is 39.7 Å². The lowest BCUT2D eigenvalue weighted by molar-refractivity contribution is 0.635. The molecule has 7 nitrogen and oxygen atoms in total. The van der Waals surface area contributed by atoms with E-state index in [-0.39, 0.29) is 0 Å². The summed E-state index contributed by atoms with van der Waals surface area (Å²) >= 11 is 1.55. The van der Waals surface area contributed by atoms with Gasteiger partial charge in [0.15, 0.2) is 10.8 Å². The van der Waals surface area contributed by atoms with E-state index >= 15 is 0 Å². The van der Waals surface area contributed by atoms with Crippen molar-refractivity contribution in [3.8, 4) is 10.6 Å². The van der Waals surface area contributed by atoms with E-state index in [4.69, 9.17) is 10.2 Å². The molecule has 0 aliphatic carbocycles. The Kier molecular flexibility index (Phi) is 4.35. The summed E-state index contributed by atoms with van der Waals surface area (Å²) in [7, 11) is 0. The minimum atomic E-state index is 0.331. The highest BCUT2D eigenvalue weighted by molar-refractivity contribution is 7.19. The molecule has 1 aromatic carbocycles. The zero-order valence-corrected chi connectivity index (χ0v) is 17.4. The third kappa shape index (κ3) is 3.19. The summed E-state index contributed by atoms with van der Waals surface area (Å²) in [5.41, 5.74) is 4.31. The highest BCUT2D eigenvalue weighted by Gasteiger charge is 2.20. The van der Waals surface area contributed by atoms with Crippen LogP contribution in [0.3, 0.4) is 0 Å². The first-order valence-corrected chi connectivity index (χ1v) is 10.6. The number of aryl methyl sites for hydroxylation is 1. The molecule has 4 heterocycles. The quantitative estimate of drug-likeness (QED) is 0.437. The lowest BCUT2D eigenvalue weighted by atomic mass is 10.1. The molecule has 0 unspecified atom stereocenters. The van der Waals surface area contributed by atoms with E-state index in [1.165, 1.54) is 0 Å². The molecule has 0 fully saturated rings. The van der Waals surface area contributed by atoms with Gasteiger partial charge in [0.25, 0.3) is 0 Å². The summed E-state index contributed by atoms with van der Waals surface area (Å²) in [4.78, 5) is 5.19. The van der Waals surface area contributed by atoms with Gasteiger partial charge in [0.05, 0.1) is 16.8 Å². The number of hydrogen-bond acceptors (Lipinski definition) is 6. The maximum atomic E-state index is 4.84. The van der Waals surface area contributed by atoms with Crippen molar-refractivity contribution in [1.29, 1.82) is 0 Å². The topological polar surface area (TPSA) is 73.8 Å². The highest BCUT2D eigenvalue weighted by atomic mass is 32.1. The Balaban J connectivity index is 1.52. The molecular weight excluding hydrogens is 382 g/mol. The maximum Gasteiger partial charge on any atom is 0.234 e. The van der Waals surface area contributed by atoms with Crippen LogP contribution in [-0.2, 0) is 13.0 Å². The van der Waals surface area contributed by atoms with E-state index in [9.17, 15) is 0 Å². The molecule has 5 rings (SSSR count). The van der Waals surface area contributed by atoms with E-state index in [1.807, 2.05) is 27.5 Å². The van der Waals surface area contributed by atoms with E-state index in [2.05, 4.69) is 60.3 Å². The molecule has 0 aliphatic heterocycles. The second-order valence-corrected chi connectivity index (χ2v) is 8.32. The average molecular weight is 404 g/mol. The first-order chi connectivity index (χ1) is 14.1. The predicted molar refractivity (Wildman–Crippen MR) is 114 cm³/mol. The highest BCUT2D eigenvalue weighted by Crippen LogP contribution is 2.32. The number of pyridine rings is 1. The third-order valence-electron chi connectivity index (χ3n) is 4.98. The minimum absolute atomic E-state index is 0.331. The van der Waals surface area contributed by atoms with Crippen LogP contribution in [0.5, 0.6) is 0 Å². The Bertz CT molecular complexity index is 1310. The van der Waals surface area contributed by atoms with Crippen LogP contribution in [0, 0.1) is 0 Å². The normalized spacial score (nSPS) is 11.9. The first kappa shape index (κ1) is 17.9. The fourth-order valence-electron chi connectivity index (χ4n) is 3.48. The second-order valence-electron chi connectivity index (χ2n) is 7.36. The van der Waals surface area contributed by atoms with Crippen LogP contribution in [0.25, 0.3) is 26.4 Å². The molecule has 5 aromatic rings. The van der Waals surface area contributed by atoms with Gasteiger partial charge in [-0.25, -0.2) is 0 Å². The van der Waals surface area contributed by atoms with Gasteiger partial charge in [-0.1, -0.05) is 37.3 Å². The zero-order chi connectivity index (χ0) is 20.0. The monoisotopic (exact) mass is 403 g/mol. The lowest BCUT2D eigenvalue weighted by Crippen LogP contribution is -1.98. The Morgan fingerprint density at radius 1 is 1.10 bits per heavy atom. The Morgan fingerprint density at radius 2 is 2.00 bits per heavy atom. The molecule has 0 spiro atoms. The minimum Gasteiger partial charge on any atom is -0.272 e. The number of fused-ring (bicyclic) bond motifs is 2. The molecule has 0 bridgehead atoms. The summed E-state index contributed by atoms with van der Waals surface area (Å²) < 4.78 is 3.83. The molecule has 0 radical (unpaired) electrons. The van der Waals surface area contributed by atoms with Crippen LogP contribution in [0.1, 0.15) is 43.8 Å². The van der Waals surface area contributed by atoms with Crippen molar-refractivity contribution < 1.29 is 0 Å². The summed E-state index contributed by atoms with van der Waals surface area (Å²) in [5, 5.41) is 20.3. The molecule has 0 atom stereocenters. The van der Waals surface area contributed by atoms with Gasteiger partial charge in [-0.05, 0) is 36.6 Å². The Morgan fingerprint density at radius 3 is 2.83 bits per heavy atom. The van der Waals surface area contributed by atoms with Crippen LogP contribution in [0.15, 0.2) is 42.7 Å². The molecule has 8 heteroatoms. The van der Waals surface area contributed by atoms with Gasteiger partial charge in [-0.15, -0.1) is 10.2 Å². The van der Waals surface area contributed by atoms with Gasteiger partial charge in [0.1, 0.15) is 0 Å². The standard InChI is InChI=1S/C21H21N7S/c1-4-27-12-16(19(25-27)13(2)3)20-26-28-18(23-24-21(28)29-20)11-14-7-8-17-15(10-14)6-5-9-22-17/h5-10,12-13H,4,11H2,1-3H3. The molecule has 29 heavy (non-hydrogen) atoms. The fraction of sp³-hybridized carbons (Fsp3) is 0.286. The maximum absolute atomic E-state index is 4.84. The molecule has 0 saturated heterocycles. The third-order valence-corrected chi connectivity index (χ3v) is 5.91. The van der Waals surface area contributed by atoms with Crippen molar-refractivity contribution in [3.05, 3.63) is 59.8 Å². The van der Waals surface area contributed by atoms with Gasteiger partial charge in [-0.2, -0.15) is 14.7 Å². The van der Waals surface area contributed by atoms with Crippen molar-refractivity contribution >= 4 is 27.2 Å². The molecule has 0 saturated carbocycles. The lowest BCUT2D eigenvalue weighted by Gasteiger charge is -2.02. The molecule has 0 amide bonds. The zero-order valence-electron chi connectivity index (χ0n) is 16.6. The van der Waals surface area contributed by atoms with Crippen molar-refractivity contribution in [2.75, 3.05) is 0 Å². The van der Waals surface area contributed by atoms with Gasteiger partial charge in [0.2, 0.25) is 4.96 Å². The van der Waals surface area contributed by atoms with Crippen molar-refractivity contribution in [1.82, 2.24) is 34.6 Å². The van der Waals surface area contributed by atoms with Crippen LogP contribution >= 0.6 is 11.3 Å². The summed E-state index contributed by atoms with van der Waals surface area (Å²) in [6.45, 7) is 7.25. The van der Waals surface area contributed by atoms with Crippen molar-refractivity contribution in [3.63, 3.8) is 0 Å². The number of nitrogens with zero attached hydrogens (tertiary/aromatic N) is 7. The van der Waals surface area contributed by atoms with Crippen LogP contribution in [0.4, 0.5) is 0 Å². The van der Waals surface area contributed by atoms with Gasteiger partial charge >= 0.3 is 0 Å². The molecule has 4 aromatic heterocycles. The summed E-state index contributed by atoms with van der Waals surface area (Å²) in [6, 6.07) is 10.3. The SMILES string of the molecule is CCn1cc(-c2nn3c(Cc4ccc5ncccc5c4)nnc3s2)c(C(C)C)n1. The number of rotatable bonds is 5. The smallest absolute Gasteiger partial charge is 0.234 e. The Hall–Kier alpha value is -3.13. The second kappa shape index (κ2) is 7.04. The molecular formula is C21H21N7S. The predicted octanol–water partition coefficient (Wildman–Crippen LogP) is 4.33. The summed E-state index contributed by atoms with van der Waals surface area (Å²) in [5.74, 6) is 1.16. The number of benzene rings is 1. The first-order valence-electron chi connectivity index (χ1n) is 9.75. The van der Waals surface area contributed by atoms with E-state index < -0.39 is 0 Å². The summed E-state index contributed by atoms with van der Waals surface area (Å²) in [6.07, 6.45) is 4.56. The van der Waals surface area contributed by atoms with Crippen LogP contribution in [0.2, 0.25) is 0 Å². The molecule has 0 N–H and O–H groups in total. The van der Waals surface area contributed by atoms with Gasteiger partial charge in [0, 0.05) is 30.7 Å². The Labute approximate surface area is 172 Å². The van der Waals surface area contributed by atoms with Gasteiger partial charge in [-0.3, -0.25) is 9.67 Å². The average Bonchev–Trinajstić information content (AvgIpc) is 3.42. The number of hydrogen-bond donors (Lipinski definition) is 0. The fourth-order valence-corrected chi connectivity index (χ4v) is 4.36. The molecule has 146 valence electrons.